The number of rotatable bonds is 5. The van der Waals surface area contributed by atoms with Crippen LogP contribution in [-0.4, -0.2) is 31.9 Å². The highest BCUT2D eigenvalue weighted by atomic mass is 32.2. The number of nitrogens with zero attached hydrogens (tertiary/aromatic N) is 1. The third-order valence-corrected chi connectivity index (χ3v) is 7.19. The quantitative estimate of drug-likeness (QED) is 0.849. The summed E-state index contributed by atoms with van der Waals surface area (Å²) in [7, 11) is -3.31. The number of hydrogen-bond donors (Lipinski definition) is 1. The molecule has 20 heavy (non-hydrogen) atoms. The van der Waals surface area contributed by atoms with E-state index in [1.165, 1.54) is 29.8 Å². The van der Waals surface area contributed by atoms with Gasteiger partial charge < -0.3 is 5.32 Å². The fourth-order valence-corrected chi connectivity index (χ4v) is 5.06. The number of sulfonamides is 1. The number of thiophene rings is 1. The Bertz CT molecular complexity index is 615. The Hall–Kier alpha value is -0.690. The van der Waals surface area contributed by atoms with Gasteiger partial charge in [0, 0.05) is 30.6 Å². The lowest BCUT2D eigenvalue weighted by Gasteiger charge is -2.23. The first-order valence-corrected chi connectivity index (χ1v) is 9.29. The third kappa shape index (κ3) is 3.14. The van der Waals surface area contributed by atoms with Gasteiger partial charge in [0.15, 0.2) is 0 Å². The highest BCUT2D eigenvalue weighted by Gasteiger charge is 2.27. The second-order valence-electron chi connectivity index (χ2n) is 5.54. The molecule has 3 rings (SSSR count). The zero-order chi connectivity index (χ0) is 14.2. The maximum atomic E-state index is 12.5. The minimum atomic E-state index is -3.31. The summed E-state index contributed by atoms with van der Waals surface area (Å²) in [6, 6.07) is 4.32. The maximum Gasteiger partial charge on any atom is 0.252 e. The molecule has 6 heteroatoms. The Labute approximate surface area is 124 Å². The molecule has 0 aromatic carbocycles. The van der Waals surface area contributed by atoms with Crippen LogP contribution in [0.2, 0.25) is 0 Å². The molecular weight excluding hydrogens is 292 g/mol. The molecule has 1 aromatic rings. The minimum absolute atomic E-state index is 0.470. The molecule has 1 fully saturated rings. The number of nitrogens with one attached hydrogen (secondary N) is 1. The van der Waals surface area contributed by atoms with Crippen LogP contribution in [0.25, 0.3) is 0 Å². The van der Waals surface area contributed by atoms with Crippen molar-refractivity contribution in [1.82, 2.24) is 9.62 Å². The van der Waals surface area contributed by atoms with Crippen molar-refractivity contribution >= 4 is 21.4 Å². The van der Waals surface area contributed by atoms with Crippen molar-refractivity contribution in [1.29, 1.82) is 0 Å². The second-order valence-corrected chi connectivity index (χ2v) is 8.87. The maximum absolute atomic E-state index is 12.5. The Kier molecular flexibility index (Phi) is 3.99. The molecule has 110 valence electrons. The van der Waals surface area contributed by atoms with E-state index in [4.69, 9.17) is 0 Å². The standard InChI is InChI=1S/C14H20N2O2S2/c1-11-6-8-16(9-7-11)20(17,18)14-5-4-13(19-14)10-15-12-2-3-12/h4-6,12,15H,2-3,7-10H2,1H3. The van der Waals surface area contributed by atoms with E-state index in [0.29, 0.717) is 23.3 Å². The molecule has 0 atom stereocenters. The molecule has 2 heterocycles. The summed E-state index contributed by atoms with van der Waals surface area (Å²) in [5.41, 5.74) is 1.27. The van der Waals surface area contributed by atoms with E-state index in [1.54, 1.807) is 10.4 Å². The molecule has 1 saturated carbocycles. The first-order valence-electron chi connectivity index (χ1n) is 7.03. The predicted octanol–water partition coefficient (Wildman–Crippen LogP) is 2.34. The molecular formula is C14H20N2O2S2. The second kappa shape index (κ2) is 5.60. The van der Waals surface area contributed by atoms with E-state index in [0.717, 1.165) is 17.8 Å². The fourth-order valence-electron chi connectivity index (χ4n) is 2.22. The minimum Gasteiger partial charge on any atom is -0.309 e. The SMILES string of the molecule is CC1=CCN(S(=O)(=O)c2ccc(CNC3CC3)s2)CC1. The van der Waals surface area contributed by atoms with Crippen molar-refractivity contribution in [2.45, 2.75) is 43.0 Å². The van der Waals surface area contributed by atoms with Crippen molar-refractivity contribution in [3.8, 4) is 0 Å². The molecule has 1 aliphatic carbocycles. The molecule has 0 amide bonds. The molecule has 1 aliphatic heterocycles. The van der Waals surface area contributed by atoms with Gasteiger partial charge in [0.25, 0.3) is 10.0 Å². The lowest BCUT2D eigenvalue weighted by atomic mass is 10.1. The molecule has 0 radical (unpaired) electrons. The summed E-state index contributed by atoms with van der Waals surface area (Å²) < 4.78 is 27.1. The largest absolute Gasteiger partial charge is 0.309 e. The van der Waals surface area contributed by atoms with Gasteiger partial charge >= 0.3 is 0 Å². The van der Waals surface area contributed by atoms with E-state index in [-0.39, 0.29) is 0 Å². The summed E-state index contributed by atoms with van der Waals surface area (Å²) in [6.45, 7) is 3.93. The van der Waals surface area contributed by atoms with Gasteiger partial charge in [-0.2, -0.15) is 4.31 Å². The molecule has 2 aliphatic rings. The lowest BCUT2D eigenvalue weighted by Crippen LogP contribution is -2.34. The van der Waals surface area contributed by atoms with Gasteiger partial charge in [0.05, 0.1) is 0 Å². The summed E-state index contributed by atoms with van der Waals surface area (Å²) in [5.74, 6) is 0. The zero-order valence-corrected chi connectivity index (χ0v) is 13.3. The Morgan fingerprint density at radius 3 is 2.85 bits per heavy atom. The van der Waals surface area contributed by atoms with Crippen LogP contribution in [0.1, 0.15) is 31.1 Å². The summed E-state index contributed by atoms with van der Waals surface area (Å²) in [5, 5.41) is 3.42. The van der Waals surface area contributed by atoms with Crippen LogP contribution in [0, 0.1) is 0 Å². The highest BCUT2D eigenvalue weighted by molar-refractivity contribution is 7.91. The fraction of sp³-hybridized carbons (Fsp3) is 0.571. The highest BCUT2D eigenvalue weighted by Crippen LogP contribution is 2.27. The molecule has 1 N–H and O–H groups in total. The first-order chi connectivity index (χ1) is 9.55. The van der Waals surface area contributed by atoms with Crippen LogP contribution in [-0.2, 0) is 16.6 Å². The molecule has 4 nitrogen and oxygen atoms in total. The molecule has 0 bridgehead atoms. The van der Waals surface area contributed by atoms with Crippen LogP contribution in [0.4, 0.5) is 0 Å². The van der Waals surface area contributed by atoms with Crippen LogP contribution in [0.15, 0.2) is 28.0 Å². The topological polar surface area (TPSA) is 49.4 Å². The lowest BCUT2D eigenvalue weighted by molar-refractivity contribution is 0.433. The molecule has 0 spiro atoms. The molecule has 0 unspecified atom stereocenters. The van der Waals surface area contributed by atoms with Gasteiger partial charge in [-0.1, -0.05) is 11.6 Å². The van der Waals surface area contributed by atoms with Crippen molar-refractivity contribution in [3.05, 3.63) is 28.7 Å². The van der Waals surface area contributed by atoms with E-state index in [9.17, 15) is 8.42 Å². The van der Waals surface area contributed by atoms with Gasteiger partial charge in [-0.25, -0.2) is 8.42 Å². The van der Waals surface area contributed by atoms with Crippen LogP contribution in [0.5, 0.6) is 0 Å². The van der Waals surface area contributed by atoms with E-state index in [1.807, 2.05) is 12.1 Å². The Morgan fingerprint density at radius 1 is 1.40 bits per heavy atom. The van der Waals surface area contributed by atoms with Crippen LogP contribution in [0.3, 0.4) is 0 Å². The average Bonchev–Trinajstić information content (AvgIpc) is 3.13. The first kappa shape index (κ1) is 14.3. The van der Waals surface area contributed by atoms with Crippen LogP contribution < -0.4 is 5.32 Å². The van der Waals surface area contributed by atoms with Gasteiger partial charge in [-0.05, 0) is 38.3 Å². The van der Waals surface area contributed by atoms with E-state index >= 15 is 0 Å². The van der Waals surface area contributed by atoms with Gasteiger partial charge in [0.2, 0.25) is 0 Å². The van der Waals surface area contributed by atoms with E-state index < -0.39 is 10.0 Å². The van der Waals surface area contributed by atoms with Gasteiger partial charge in [0.1, 0.15) is 4.21 Å². The van der Waals surface area contributed by atoms with Crippen molar-refractivity contribution < 1.29 is 8.42 Å². The Morgan fingerprint density at radius 2 is 2.20 bits per heavy atom. The summed E-state index contributed by atoms with van der Waals surface area (Å²) in [6.07, 6.45) is 5.33. The molecule has 1 aromatic heterocycles. The van der Waals surface area contributed by atoms with Gasteiger partial charge in [-0.3, -0.25) is 0 Å². The zero-order valence-electron chi connectivity index (χ0n) is 11.6. The normalized spacial score (nSPS) is 20.9. The smallest absolute Gasteiger partial charge is 0.252 e. The third-order valence-electron chi connectivity index (χ3n) is 3.77. The van der Waals surface area contributed by atoms with Crippen molar-refractivity contribution in [2.75, 3.05) is 13.1 Å². The summed E-state index contributed by atoms with van der Waals surface area (Å²) >= 11 is 1.39. The van der Waals surface area contributed by atoms with Crippen molar-refractivity contribution in [2.24, 2.45) is 0 Å². The predicted molar refractivity (Wildman–Crippen MR) is 81.3 cm³/mol. The summed E-state index contributed by atoms with van der Waals surface area (Å²) in [4.78, 5) is 1.10. The van der Waals surface area contributed by atoms with Gasteiger partial charge in [-0.15, -0.1) is 11.3 Å². The number of hydrogen-bond acceptors (Lipinski definition) is 4. The van der Waals surface area contributed by atoms with E-state index in [2.05, 4.69) is 12.2 Å². The average molecular weight is 312 g/mol. The van der Waals surface area contributed by atoms with Crippen LogP contribution >= 0.6 is 11.3 Å². The monoisotopic (exact) mass is 312 g/mol. The molecule has 0 saturated heterocycles. The Balaban J connectivity index is 1.70. The van der Waals surface area contributed by atoms with Crippen molar-refractivity contribution in [3.63, 3.8) is 0 Å².